The van der Waals surface area contributed by atoms with E-state index < -0.39 is 18.3 Å². The van der Waals surface area contributed by atoms with Gasteiger partial charge in [0.25, 0.3) is 0 Å². The molecule has 0 aliphatic carbocycles. The van der Waals surface area contributed by atoms with Crippen molar-refractivity contribution >= 4 is 44.9 Å². The van der Waals surface area contributed by atoms with E-state index in [1.54, 1.807) is 0 Å². The van der Waals surface area contributed by atoms with Gasteiger partial charge in [-0.05, 0) is 68.8 Å². The van der Waals surface area contributed by atoms with E-state index in [1.165, 1.54) is 43.4 Å². The van der Waals surface area contributed by atoms with E-state index in [0.29, 0.717) is 0 Å². The number of fused-ring (bicyclic) bond motifs is 5. The van der Waals surface area contributed by atoms with Crippen molar-refractivity contribution in [1.29, 1.82) is 0 Å². The van der Waals surface area contributed by atoms with E-state index in [2.05, 4.69) is 97.9 Å². The van der Waals surface area contributed by atoms with Gasteiger partial charge in [-0.25, -0.2) is 0 Å². The van der Waals surface area contributed by atoms with E-state index in [4.69, 9.17) is 9.31 Å². The molecular weight excluding hydrogens is 403 g/mol. The lowest BCUT2D eigenvalue weighted by Gasteiger charge is -2.25. The third-order valence-electron chi connectivity index (χ3n) is 7.26. The highest BCUT2D eigenvalue weighted by Gasteiger charge is 2.57. The van der Waals surface area contributed by atoms with E-state index >= 15 is 0 Å². The average Bonchev–Trinajstić information content (AvgIpc) is 3.05. The molecule has 0 N–H and O–H groups in total. The fraction of sp³-hybridized carbons (Fsp3) is 0.167. The molecule has 1 aliphatic heterocycles. The highest BCUT2D eigenvalue weighted by molar-refractivity contribution is 6.62. The first-order chi connectivity index (χ1) is 15.8. The Balaban J connectivity index is 1.56. The fourth-order valence-corrected chi connectivity index (χ4v) is 4.89. The summed E-state index contributed by atoms with van der Waals surface area (Å²) in [5.41, 5.74) is 2.47. The van der Waals surface area contributed by atoms with Crippen LogP contribution in [0.2, 0.25) is 0 Å². The summed E-state index contributed by atoms with van der Waals surface area (Å²) in [4.78, 5) is 0. The molecule has 0 bridgehead atoms. The van der Waals surface area contributed by atoms with Crippen LogP contribution in [0.15, 0.2) is 91.0 Å². The molecule has 5 aromatic carbocycles. The zero-order valence-corrected chi connectivity index (χ0v) is 19.3. The van der Waals surface area contributed by atoms with Crippen LogP contribution in [0.3, 0.4) is 0 Å². The van der Waals surface area contributed by atoms with E-state index in [0.717, 1.165) is 5.46 Å². The Hall–Kier alpha value is -3.27. The zero-order valence-electron chi connectivity index (χ0n) is 19.3. The van der Waals surface area contributed by atoms with E-state index in [9.17, 15) is 0 Å². The minimum absolute atomic E-state index is 0.417. The highest BCUT2D eigenvalue weighted by atomic mass is 16.7. The van der Waals surface area contributed by atoms with Crippen LogP contribution < -0.4 is 5.46 Å². The first kappa shape index (κ1) is 20.3. The molecular formula is C30H26BO2+. The molecule has 3 heteroatoms. The molecule has 1 atom stereocenters. The summed E-state index contributed by atoms with van der Waals surface area (Å²) in [5, 5.41) is 7.48. The molecule has 1 aliphatic rings. The van der Waals surface area contributed by atoms with Crippen molar-refractivity contribution in [3.63, 3.8) is 0 Å². The fourth-order valence-electron chi connectivity index (χ4n) is 4.89. The summed E-state index contributed by atoms with van der Waals surface area (Å²) >= 11 is 0. The number of benzene rings is 5. The zero-order chi connectivity index (χ0) is 22.8. The van der Waals surface area contributed by atoms with Crippen LogP contribution in [-0.4, -0.2) is 18.3 Å². The van der Waals surface area contributed by atoms with Gasteiger partial charge < -0.3 is 9.31 Å². The quantitative estimate of drug-likeness (QED) is 0.172. The molecule has 1 heterocycles. The molecule has 0 spiro atoms. The van der Waals surface area contributed by atoms with Crippen LogP contribution in [0, 0.1) is 6.92 Å². The standard InChI is InChI=1S/C30H26BO2/c1-29(2)30(3,4)33-31(32-29)23-16-17-24-21(18-23)14-15-22-19-27(20-10-6-5-7-11-20)25-12-8-9-13-26(25)28(22)24/h5-19H,1H2,2-4H3/q+1. The third kappa shape index (κ3) is 3.15. The molecule has 1 saturated heterocycles. The third-order valence-corrected chi connectivity index (χ3v) is 7.26. The van der Waals surface area contributed by atoms with Crippen LogP contribution in [0.1, 0.15) is 20.8 Å². The summed E-state index contributed by atoms with van der Waals surface area (Å²) in [6.07, 6.45) is 0. The Bertz CT molecular complexity index is 1500. The number of hydrogen-bond donors (Lipinski definition) is 0. The van der Waals surface area contributed by atoms with Gasteiger partial charge in [0.1, 0.15) is 5.60 Å². The topological polar surface area (TPSA) is 18.5 Å². The molecule has 1 unspecified atom stereocenters. The molecule has 2 nitrogen and oxygen atoms in total. The first-order valence-corrected chi connectivity index (χ1v) is 11.5. The van der Waals surface area contributed by atoms with Gasteiger partial charge in [-0.1, -0.05) is 84.9 Å². The maximum absolute atomic E-state index is 6.24. The lowest BCUT2D eigenvalue weighted by atomic mass is 9.78. The second-order valence-corrected chi connectivity index (χ2v) is 9.79. The average molecular weight is 429 g/mol. The molecule has 160 valence electrons. The van der Waals surface area contributed by atoms with Crippen molar-refractivity contribution in [3.05, 3.63) is 97.9 Å². The van der Waals surface area contributed by atoms with Gasteiger partial charge in [-0.15, -0.1) is 0 Å². The summed E-state index contributed by atoms with van der Waals surface area (Å²) in [5.74, 6) is 0. The van der Waals surface area contributed by atoms with Crippen molar-refractivity contribution in [2.75, 3.05) is 0 Å². The van der Waals surface area contributed by atoms with Crippen molar-refractivity contribution < 1.29 is 9.31 Å². The van der Waals surface area contributed by atoms with Crippen molar-refractivity contribution in [3.8, 4) is 11.1 Å². The van der Waals surface area contributed by atoms with Crippen LogP contribution >= 0.6 is 0 Å². The summed E-state index contributed by atoms with van der Waals surface area (Å²) in [6, 6.07) is 32.6. The lowest BCUT2D eigenvalue weighted by Crippen LogP contribution is -2.42. The molecule has 0 saturated carbocycles. The van der Waals surface area contributed by atoms with Gasteiger partial charge >= 0.3 is 7.12 Å². The van der Waals surface area contributed by atoms with Gasteiger partial charge in [-0.3, -0.25) is 0 Å². The summed E-state index contributed by atoms with van der Waals surface area (Å²) < 4.78 is 12.4. The minimum Gasteiger partial charge on any atom is -0.395 e. The summed E-state index contributed by atoms with van der Waals surface area (Å²) in [7, 11) is -0.417. The van der Waals surface area contributed by atoms with Gasteiger partial charge in [0.05, 0.1) is 6.92 Å². The van der Waals surface area contributed by atoms with Crippen molar-refractivity contribution in [2.24, 2.45) is 0 Å². The van der Waals surface area contributed by atoms with Crippen LogP contribution in [-0.2, 0) is 9.31 Å². The van der Waals surface area contributed by atoms with E-state index in [1.807, 2.05) is 20.8 Å². The number of hydrogen-bond acceptors (Lipinski definition) is 2. The molecule has 0 amide bonds. The van der Waals surface area contributed by atoms with Gasteiger partial charge in [0.2, 0.25) is 5.60 Å². The van der Waals surface area contributed by atoms with Gasteiger partial charge in [0.15, 0.2) is 0 Å². The Kier molecular flexibility index (Phi) is 4.39. The molecule has 0 radical (unpaired) electrons. The molecule has 1 fully saturated rings. The Morgan fingerprint density at radius 1 is 0.667 bits per heavy atom. The summed E-state index contributed by atoms with van der Waals surface area (Å²) in [6.45, 7) is 10.3. The Morgan fingerprint density at radius 3 is 2.09 bits per heavy atom. The smallest absolute Gasteiger partial charge is 0.395 e. The SMILES string of the molecule is [CH2+]C1(C)OB(c2ccc3c(ccc4cc(-c5ccccc5)c5ccccc5c43)c2)OC1(C)C. The Labute approximate surface area is 195 Å². The van der Waals surface area contributed by atoms with Gasteiger partial charge in [0, 0.05) is 6.92 Å². The normalized spacial score (nSPS) is 20.2. The van der Waals surface area contributed by atoms with Gasteiger partial charge in [-0.2, -0.15) is 0 Å². The number of rotatable bonds is 2. The first-order valence-electron chi connectivity index (χ1n) is 11.5. The van der Waals surface area contributed by atoms with Crippen molar-refractivity contribution in [1.82, 2.24) is 0 Å². The molecule has 0 aromatic heterocycles. The van der Waals surface area contributed by atoms with Crippen LogP contribution in [0.25, 0.3) is 43.4 Å². The second kappa shape index (κ2) is 7.12. The monoisotopic (exact) mass is 429 g/mol. The largest absolute Gasteiger partial charge is 0.498 e. The molecule has 33 heavy (non-hydrogen) atoms. The highest BCUT2D eigenvalue weighted by Crippen LogP contribution is 2.39. The Morgan fingerprint density at radius 2 is 1.36 bits per heavy atom. The minimum atomic E-state index is -0.597. The van der Waals surface area contributed by atoms with Crippen LogP contribution in [0.5, 0.6) is 0 Å². The predicted molar refractivity (Wildman–Crippen MR) is 140 cm³/mol. The molecule has 6 rings (SSSR count). The maximum atomic E-state index is 6.24. The van der Waals surface area contributed by atoms with E-state index in [-0.39, 0.29) is 0 Å². The van der Waals surface area contributed by atoms with Crippen molar-refractivity contribution in [2.45, 2.75) is 32.0 Å². The van der Waals surface area contributed by atoms with Crippen LogP contribution in [0.4, 0.5) is 0 Å². The predicted octanol–water partition coefficient (Wildman–Crippen LogP) is 6.93. The maximum Gasteiger partial charge on any atom is 0.498 e. The second-order valence-electron chi connectivity index (χ2n) is 9.79. The molecule has 5 aromatic rings. The lowest BCUT2D eigenvalue weighted by molar-refractivity contribution is 0.0262.